The molecule has 1 aromatic rings. The van der Waals surface area contributed by atoms with E-state index < -0.39 is 0 Å². The molecule has 17 heavy (non-hydrogen) atoms. The molecule has 2 nitrogen and oxygen atoms in total. The summed E-state index contributed by atoms with van der Waals surface area (Å²) in [5.41, 5.74) is 7.48. The molecule has 2 N–H and O–H groups in total. The highest BCUT2D eigenvalue weighted by Crippen LogP contribution is 2.28. The van der Waals surface area contributed by atoms with Crippen LogP contribution in [0.15, 0.2) is 24.5 Å². The molecule has 0 saturated heterocycles. The van der Waals surface area contributed by atoms with Crippen LogP contribution >= 0.6 is 24.8 Å². The number of aromatic nitrogens is 1. The van der Waals surface area contributed by atoms with Gasteiger partial charge in [0.1, 0.15) is 0 Å². The van der Waals surface area contributed by atoms with E-state index in [1.807, 2.05) is 12.4 Å². The molecule has 1 aliphatic rings. The number of hydrogen-bond acceptors (Lipinski definition) is 2. The van der Waals surface area contributed by atoms with E-state index in [2.05, 4.69) is 17.1 Å². The normalized spacial score (nSPS) is 17.0. The number of nitrogens with zero attached hydrogens (tertiary/aromatic N) is 1. The van der Waals surface area contributed by atoms with Crippen molar-refractivity contribution in [1.29, 1.82) is 0 Å². The highest BCUT2D eigenvalue weighted by Gasteiger charge is 2.17. The molecule has 1 atom stereocenters. The van der Waals surface area contributed by atoms with Crippen molar-refractivity contribution >= 4 is 24.8 Å². The predicted molar refractivity (Wildman–Crippen MR) is 77.0 cm³/mol. The van der Waals surface area contributed by atoms with Crippen LogP contribution in [-0.2, 0) is 6.42 Å². The first-order valence-corrected chi connectivity index (χ1v) is 5.99. The number of hydrogen-bond donors (Lipinski definition) is 1. The molecule has 1 aromatic heterocycles. The molecule has 0 aromatic carbocycles. The van der Waals surface area contributed by atoms with Crippen molar-refractivity contribution in [3.63, 3.8) is 0 Å². The molecule has 0 radical (unpaired) electrons. The van der Waals surface area contributed by atoms with Gasteiger partial charge in [0.15, 0.2) is 0 Å². The van der Waals surface area contributed by atoms with Gasteiger partial charge in [-0.1, -0.05) is 25.7 Å². The van der Waals surface area contributed by atoms with E-state index in [1.165, 1.54) is 37.7 Å². The second-order valence-electron chi connectivity index (χ2n) is 4.71. The van der Waals surface area contributed by atoms with E-state index in [9.17, 15) is 0 Å². The van der Waals surface area contributed by atoms with E-state index >= 15 is 0 Å². The second-order valence-corrected chi connectivity index (χ2v) is 4.71. The van der Waals surface area contributed by atoms with Crippen molar-refractivity contribution in [2.24, 2.45) is 11.7 Å². The smallest absolute Gasteiger partial charge is 0.0270 e. The van der Waals surface area contributed by atoms with E-state index in [4.69, 9.17) is 5.73 Å². The summed E-state index contributed by atoms with van der Waals surface area (Å²) in [6.45, 7) is 0. The summed E-state index contributed by atoms with van der Waals surface area (Å²) in [5.74, 6) is 0.891. The van der Waals surface area contributed by atoms with Crippen molar-refractivity contribution < 1.29 is 0 Å². The monoisotopic (exact) mass is 276 g/mol. The third-order valence-corrected chi connectivity index (χ3v) is 3.36. The van der Waals surface area contributed by atoms with Crippen LogP contribution in [0.5, 0.6) is 0 Å². The summed E-state index contributed by atoms with van der Waals surface area (Å²) in [7, 11) is 0. The Bertz CT molecular complexity index is 287. The van der Waals surface area contributed by atoms with Crippen LogP contribution in [0.3, 0.4) is 0 Å². The molecular formula is C13H22Cl2N2. The summed E-state index contributed by atoms with van der Waals surface area (Å²) < 4.78 is 0. The first kappa shape index (κ1) is 16.7. The topological polar surface area (TPSA) is 38.9 Å². The zero-order chi connectivity index (χ0) is 10.5. The van der Waals surface area contributed by atoms with Crippen LogP contribution in [0.1, 0.15) is 37.7 Å². The van der Waals surface area contributed by atoms with E-state index in [0.717, 1.165) is 12.3 Å². The Kier molecular flexibility index (Phi) is 8.57. The fourth-order valence-electron chi connectivity index (χ4n) is 2.58. The Balaban J connectivity index is 0.00000128. The Morgan fingerprint density at radius 2 is 1.76 bits per heavy atom. The lowest BCUT2D eigenvalue weighted by Crippen LogP contribution is -2.25. The van der Waals surface area contributed by atoms with Crippen LogP contribution < -0.4 is 5.73 Å². The largest absolute Gasteiger partial charge is 0.327 e. The van der Waals surface area contributed by atoms with Crippen molar-refractivity contribution in [3.05, 3.63) is 30.1 Å². The number of nitrogens with two attached hydrogens (primary N) is 1. The standard InChI is InChI=1S/C13H20N2.2ClH/c14-13(9-11-3-1-2-4-11)10-12-5-7-15-8-6-12;;/h5-8,11,13H,1-4,9-10,14H2;2*1H. The minimum atomic E-state index is 0. The minimum Gasteiger partial charge on any atom is -0.327 e. The quantitative estimate of drug-likeness (QED) is 0.916. The summed E-state index contributed by atoms with van der Waals surface area (Å²) >= 11 is 0. The average molecular weight is 277 g/mol. The van der Waals surface area contributed by atoms with Crippen LogP contribution in [0.25, 0.3) is 0 Å². The molecule has 1 fully saturated rings. The van der Waals surface area contributed by atoms with Gasteiger partial charge >= 0.3 is 0 Å². The van der Waals surface area contributed by atoms with Gasteiger partial charge in [-0.3, -0.25) is 4.98 Å². The summed E-state index contributed by atoms with van der Waals surface area (Å²) in [5, 5.41) is 0. The first-order valence-electron chi connectivity index (χ1n) is 5.99. The van der Waals surface area contributed by atoms with Gasteiger partial charge in [0.25, 0.3) is 0 Å². The number of halogens is 2. The van der Waals surface area contributed by atoms with Crippen LogP contribution in [0.2, 0.25) is 0 Å². The van der Waals surface area contributed by atoms with Gasteiger partial charge in [-0.05, 0) is 36.5 Å². The molecule has 1 aliphatic carbocycles. The maximum absolute atomic E-state index is 6.17. The molecule has 2 rings (SSSR count). The molecule has 0 amide bonds. The van der Waals surface area contributed by atoms with Crippen LogP contribution in [-0.4, -0.2) is 11.0 Å². The molecule has 1 saturated carbocycles. The van der Waals surface area contributed by atoms with Crippen molar-refractivity contribution in [2.75, 3.05) is 0 Å². The molecule has 4 heteroatoms. The third kappa shape index (κ3) is 5.71. The first-order chi connectivity index (χ1) is 7.34. The SMILES string of the molecule is Cl.Cl.NC(Cc1ccncc1)CC1CCCC1. The molecule has 0 spiro atoms. The third-order valence-electron chi connectivity index (χ3n) is 3.36. The maximum Gasteiger partial charge on any atom is 0.0270 e. The molecule has 98 valence electrons. The Labute approximate surface area is 116 Å². The Morgan fingerprint density at radius 1 is 1.18 bits per heavy atom. The highest BCUT2D eigenvalue weighted by molar-refractivity contribution is 5.85. The Hall–Kier alpha value is -0.310. The van der Waals surface area contributed by atoms with Crippen LogP contribution in [0, 0.1) is 5.92 Å². The van der Waals surface area contributed by atoms with Crippen LogP contribution in [0.4, 0.5) is 0 Å². The van der Waals surface area contributed by atoms with Crippen molar-refractivity contribution in [2.45, 2.75) is 44.6 Å². The number of pyridine rings is 1. The summed E-state index contributed by atoms with van der Waals surface area (Å²) in [6, 6.07) is 4.46. The van der Waals surface area contributed by atoms with Gasteiger partial charge in [-0.15, -0.1) is 24.8 Å². The minimum absolute atomic E-state index is 0. The van der Waals surface area contributed by atoms with E-state index in [-0.39, 0.29) is 24.8 Å². The van der Waals surface area contributed by atoms with Gasteiger partial charge < -0.3 is 5.73 Å². The van der Waals surface area contributed by atoms with Gasteiger partial charge in [0.2, 0.25) is 0 Å². The lowest BCUT2D eigenvalue weighted by Gasteiger charge is -2.16. The van der Waals surface area contributed by atoms with Gasteiger partial charge in [-0.2, -0.15) is 0 Å². The summed E-state index contributed by atoms with van der Waals surface area (Å²) in [4.78, 5) is 4.02. The molecule has 0 bridgehead atoms. The molecular weight excluding hydrogens is 255 g/mol. The zero-order valence-corrected chi connectivity index (χ0v) is 11.7. The highest BCUT2D eigenvalue weighted by atomic mass is 35.5. The van der Waals surface area contributed by atoms with E-state index in [0.29, 0.717) is 6.04 Å². The van der Waals surface area contributed by atoms with Gasteiger partial charge in [0.05, 0.1) is 0 Å². The average Bonchev–Trinajstić information content (AvgIpc) is 2.71. The zero-order valence-electron chi connectivity index (χ0n) is 10.0. The van der Waals surface area contributed by atoms with Gasteiger partial charge in [0, 0.05) is 18.4 Å². The van der Waals surface area contributed by atoms with Crippen molar-refractivity contribution in [1.82, 2.24) is 4.98 Å². The summed E-state index contributed by atoms with van der Waals surface area (Å²) in [6.07, 6.45) is 11.5. The Morgan fingerprint density at radius 3 is 2.35 bits per heavy atom. The molecule has 1 unspecified atom stereocenters. The fraction of sp³-hybridized carbons (Fsp3) is 0.615. The fourth-order valence-corrected chi connectivity index (χ4v) is 2.58. The van der Waals surface area contributed by atoms with Gasteiger partial charge in [-0.25, -0.2) is 0 Å². The second kappa shape index (κ2) is 8.73. The van der Waals surface area contributed by atoms with E-state index in [1.54, 1.807) is 0 Å². The maximum atomic E-state index is 6.17. The number of rotatable bonds is 4. The molecule has 0 aliphatic heterocycles. The predicted octanol–water partition coefficient (Wildman–Crippen LogP) is 3.38. The lowest BCUT2D eigenvalue weighted by atomic mass is 9.95. The molecule has 1 heterocycles. The lowest BCUT2D eigenvalue weighted by molar-refractivity contribution is 0.440. The van der Waals surface area contributed by atoms with Crippen molar-refractivity contribution in [3.8, 4) is 0 Å².